The summed E-state index contributed by atoms with van der Waals surface area (Å²) >= 11 is 0. The zero-order valence-corrected chi connectivity index (χ0v) is 13.4. The van der Waals surface area contributed by atoms with E-state index in [2.05, 4.69) is 20.4 Å². The van der Waals surface area contributed by atoms with Crippen LogP contribution in [0.1, 0.15) is 58.8 Å². The summed E-state index contributed by atoms with van der Waals surface area (Å²) in [5.74, 6) is 0.483. The summed E-state index contributed by atoms with van der Waals surface area (Å²) in [4.78, 5) is 11.7. The Hall–Kier alpha value is -0.870. The van der Waals surface area contributed by atoms with Crippen molar-refractivity contribution in [1.82, 2.24) is 0 Å². The van der Waals surface area contributed by atoms with Crippen molar-refractivity contribution in [3.8, 4) is 0 Å². The van der Waals surface area contributed by atoms with Crippen molar-refractivity contribution in [2.24, 2.45) is 11.8 Å². The minimum Gasteiger partial charge on any atom is -0.459 e. The van der Waals surface area contributed by atoms with Gasteiger partial charge in [0.1, 0.15) is 6.10 Å². The normalized spacial score (nSPS) is 23.9. The second-order valence-corrected chi connectivity index (χ2v) is 6.68. The maximum atomic E-state index is 11.7. The van der Waals surface area contributed by atoms with Crippen LogP contribution in [-0.2, 0) is 9.53 Å². The van der Waals surface area contributed by atoms with Gasteiger partial charge in [-0.3, -0.25) is 0 Å². The summed E-state index contributed by atoms with van der Waals surface area (Å²) in [6.07, 6.45) is 6.35. The summed E-state index contributed by atoms with van der Waals surface area (Å²) in [6.45, 7) is 7.36. The third kappa shape index (κ3) is 7.09. The Morgan fingerprint density at radius 2 is 2.10 bits per heavy atom. The number of hydrogen-bond acceptors (Lipinski definition) is 4. The Balaban J connectivity index is 2.45. The summed E-state index contributed by atoms with van der Waals surface area (Å²) in [7, 11) is 0. The number of aliphatic hydroxyl groups excluding tert-OH is 2. The minimum absolute atomic E-state index is 0.108. The molecule has 0 heterocycles. The molecule has 0 aliphatic heterocycles. The summed E-state index contributed by atoms with van der Waals surface area (Å²) in [6, 6.07) is 0. The smallest absolute Gasteiger partial charge is 0.336 e. The molecule has 4 nitrogen and oxygen atoms in total. The molecule has 1 aliphatic rings. The molecule has 2 N–H and O–H groups in total. The quantitative estimate of drug-likeness (QED) is 0.534. The van der Waals surface area contributed by atoms with Crippen molar-refractivity contribution in [2.45, 2.75) is 71.0 Å². The standard InChI is InChI=1S/C17H30O4/c1-12(2)9-16(21-17(20)13(3)11-18)8-7-14-5-4-6-15(19)10-14/h12,14-16,18-19H,3-11H2,1-2H3. The molecule has 1 rings (SSSR count). The van der Waals surface area contributed by atoms with Crippen LogP contribution < -0.4 is 0 Å². The van der Waals surface area contributed by atoms with Gasteiger partial charge in [0.2, 0.25) is 0 Å². The van der Waals surface area contributed by atoms with E-state index in [1.54, 1.807) is 0 Å². The van der Waals surface area contributed by atoms with Crippen LogP contribution in [0.4, 0.5) is 0 Å². The molecule has 0 aromatic carbocycles. The van der Waals surface area contributed by atoms with Gasteiger partial charge in [-0.2, -0.15) is 0 Å². The molecule has 4 heteroatoms. The Labute approximate surface area is 128 Å². The fourth-order valence-electron chi connectivity index (χ4n) is 3.00. The summed E-state index contributed by atoms with van der Waals surface area (Å²) in [5, 5.41) is 18.7. The predicted molar refractivity (Wildman–Crippen MR) is 82.8 cm³/mol. The number of carbonyl (C=O) groups is 1. The Kier molecular flexibility index (Phi) is 7.97. The zero-order chi connectivity index (χ0) is 15.8. The lowest BCUT2D eigenvalue weighted by Crippen LogP contribution is -2.25. The Morgan fingerprint density at radius 3 is 2.67 bits per heavy atom. The van der Waals surface area contributed by atoms with Crippen LogP contribution in [0.3, 0.4) is 0 Å². The third-order valence-corrected chi connectivity index (χ3v) is 4.14. The van der Waals surface area contributed by atoms with Crippen molar-refractivity contribution >= 4 is 5.97 Å². The van der Waals surface area contributed by atoms with Gasteiger partial charge in [0, 0.05) is 0 Å². The maximum absolute atomic E-state index is 11.7. The molecule has 0 radical (unpaired) electrons. The van der Waals surface area contributed by atoms with E-state index in [9.17, 15) is 9.90 Å². The lowest BCUT2D eigenvalue weighted by atomic mass is 9.83. The lowest BCUT2D eigenvalue weighted by molar-refractivity contribution is -0.146. The molecule has 0 saturated heterocycles. The van der Waals surface area contributed by atoms with Crippen LogP contribution >= 0.6 is 0 Å². The van der Waals surface area contributed by atoms with Gasteiger partial charge in [0.25, 0.3) is 0 Å². The number of aliphatic hydroxyl groups is 2. The highest BCUT2D eigenvalue weighted by Crippen LogP contribution is 2.29. The number of esters is 1. The van der Waals surface area contributed by atoms with Crippen LogP contribution in [0.15, 0.2) is 12.2 Å². The molecule has 1 saturated carbocycles. The summed E-state index contributed by atoms with van der Waals surface area (Å²) < 4.78 is 5.47. The molecule has 122 valence electrons. The van der Waals surface area contributed by atoms with Gasteiger partial charge in [-0.15, -0.1) is 0 Å². The molecular formula is C17H30O4. The second kappa shape index (κ2) is 9.21. The van der Waals surface area contributed by atoms with E-state index >= 15 is 0 Å². The Morgan fingerprint density at radius 1 is 1.38 bits per heavy atom. The van der Waals surface area contributed by atoms with Crippen LogP contribution in [-0.4, -0.2) is 35.0 Å². The molecular weight excluding hydrogens is 268 g/mol. The van der Waals surface area contributed by atoms with Crippen molar-refractivity contribution < 1.29 is 19.7 Å². The average molecular weight is 298 g/mol. The molecule has 0 amide bonds. The van der Waals surface area contributed by atoms with Gasteiger partial charge in [-0.05, 0) is 43.9 Å². The highest BCUT2D eigenvalue weighted by Gasteiger charge is 2.23. The fraction of sp³-hybridized carbons (Fsp3) is 0.824. The average Bonchev–Trinajstić information content (AvgIpc) is 2.43. The molecule has 0 aromatic heterocycles. The van der Waals surface area contributed by atoms with E-state index in [4.69, 9.17) is 9.84 Å². The predicted octanol–water partition coefficient (Wildman–Crippen LogP) is 2.82. The van der Waals surface area contributed by atoms with E-state index in [-0.39, 0.29) is 24.4 Å². The molecule has 3 atom stereocenters. The van der Waals surface area contributed by atoms with E-state index in [1.807, 2.05) is 0 Å². The first-order valence-corrected chi connectivity index (χ1v) is 8.10. The van der Waals surface area contributed by atoms with Gasteiger partial charge in [0.05, 0.1) is 18.3 Å². The first kappa shape index (κ1) is 18.2. The monoisotopic (exact) mass is 298 g/mol. The first-order chi connectivity index (χ1) is 9.92. The topological polar surface area (TPSA) is 66.8 Å². The van der Waals surface area contributed by atoms with Gasteiger partial charge >= 0.3 is 5.97 Å². The zero-order valence-electron chi connectivity index (χ0n) is 13.4. The molecule has 3 unspecified atom stereocenters. The number of hydrogen-bond donors (Lipinski definition) is 2. The number of ether oxygens (including phenoxy) is 1. The van der Waals surface area contributed by atoms with Gasteiger partial charge in [0.15, 0.2) is 0 Å². The molecule has 1 aliphatic carbocycles. The molecule has 0 spiro atoms. The van der Waals surface area contributed by atoms with Crippen LogP contribution in [0.2, 0.25) is 0 Å². The fourth-order valence-corrected chi connectivity index (χ4v) is 3.00. The van der Waals surface area contributed by atoms with Crippen LogP contribution in [0.5, 0.6) is 0 Å². The molecule has 0 aromatic rings. The maximum Gasteiger partial charge on any atom is 0.336 e. The van der Waals surface area contributed by atoms with Crippen molar-refractivity contribution in [2.75, 3.05) is 6.61 Å². The van der Waals surface area contributed by atoms with Gasteiger partial charge in [-0.25, -0.2) is 4.79 Å². The van der Waals surface area contributed by atoms with E-state index in [0.29, 0.717) is 11.8 Å². The first-order valence-electron chi connectivity index (χ1n) is 8.10. The van der Waals surface area contributed by atoms with E-state index in [1.165, 1.54) is 0 Å². The largest absolute Gasteiger partial charge is 0.459 e. The third-order valence-electron chi connectivity index (χ3n) is 4.14. The Bertz CT molecular complexity index is 338. The highest BCUT2D eigenvalue weighted by atomic mass is 16.5. The molecule has 0 bridgehead atoms. The second-order valence-electron chi connectivity index (χ2n) is 6.68. The van der Waals surface area contributed by atoms with Crippen LogP contribution in [0.25, 0.3) is 0 Å². The SMILES string of the molecule is C=C(CO)C(=O)OC(CCC1CCCC(O)C1)CC(C)C. The lowest BCUT2D eigenvalue weighted by Gasteiger charge is -2.28. The van der Waals surface area contributed by atoms with Gasteiger partial charge < -0.3 is 14.9 Å². The highest BCUT2D eigenvalue weighted by molar-refractivity contribution is 5.88. The number of carbonyl (C=O) groups excluding carboxylic acids is 1. The van der Waals surface area contributed by atoms with Crippen LogP contribution in [0, 0.1) is 11.8 Å². The van der Waals surface area contributed by atoms with Crippen molar-refractivity contribution in [1.29, 1.82) is 0 Å². The van der Waals surface area contributed by atoms with Gasteiger partial charge in [-0.1, -0.05) is 33.3 Å². The molecule has 21 heavy (non-hydrogen) atoms. The number of rotatable bonds is 8. The molecule has 1 fully saturated rings. The van der Waals surface area contributed by atoms with Crippen molar-refractivity contribution in [3.63, 3.8) is 0 Å². The van der Waals surface area contributed by atoms with Crippen molar-refractivity contribution in [3.05, 3.63) is 12.2 Å². The van der Waals surface area contributed by atoms with E-state index < -0.39 is 5.97 Å². The summed E-state index contributed by atoms with van der Waals surface area (Å²) in [5.41, 5.74) is 0.108. The van der Waals surface area contributed by atoms with E-state index in [0.717, 1.165) is 44.9 Å². The minimum atomic E-state index is -0.494.